The van der Waals surface area contributed by atoms with Crippen LogP contribution in [-0.4, -0.2) is 38.7 Å². The van der Waals surface area contributed by atoms with E-state index in [-0.39, 0.29) is 24.7 Å². The van der Waals surface area contributed by atoms with Crippen LogP contribution in [0.1, 0.15) is 10.4 Å². The molecule has 6 heteroatoms. The monoisotopic (exact) mass is 329 g/mol. The second-order valence-electron chi connectivity index (χ2n) is 4.76. The Labute approximate surface area is 140 Å². The van der Waals surface area contributed by atoms with E-state index in [1.807, 2.05) is 30.3 Å². The molecule has 1 amide bonds. The van der Waals surface area contributed by atoms with Crippen LogP contribution in [0.25, 0.3) is 0 Å². The van der Waals surface area contributed by atoms with Gasteiger partial charge in [0.05, 0.1) is 0 Å². The third-order valence-corrected chi connectivity index (χ3v) is 3.07. The molecule has 0 radical (unpaired) electrons. The molecule has 0 bridgehead atoms. The molecule has 2 aromatic rings. The maximum Gasteiger partial charge on any atom is 0.342 e. The van der Waals surface area contributed by atoms with Gasteiger partial charge in [-0.1, -0.05) is 30.3 Å². The van der Waals surface area contributed by atoms with Crippen LogP contribution in [0.2, 0.25) is 0 Å². The topological polar surface area (TPSA) is 73.9 Å². The first kappa shape index (κ1) is 17.3. The van der Waals surface area contributed by atoms with Crippen molar-refractivity contribution < 1.29 is 23.8 Å². The van der Waals surface area contributed by atoms with Crippen LogP contribution in [0.4, 0.5) is 0 Å². The van der Waals surface area contributed by atoms with Crippen molar-refractivity contribution in [1.29, 1.82) is 0 Å². The van der Waals surface area contributed by atoms with Crippen molar-refractivity contribution in [2.45, 2.75) is 0 Å². The quantitative estimate of drug-likeness (QED) is 0.593. The molecule has 0 aliphatic rings. The van der Waals surface area contributed by atoms with Crippen LogP contribution in [0, 0.1) is 0 Å². The summed E-state index contributed by atoms with van der Waals surface area (Å²) in [5.74, 6) is 0.145. The Balaban J connectivity index is 1.86. The number of hydrogen-bond donors (Lipinski definition) is 1. The van der Waals surface area contributed by atoms with E-state index in [9.17, 15) is 9.59 Å². The molecule has 0 aliphatic carbocycles. The Morgan fingerprint density at radius 3 is 2.33 bits per heavy atom. The minimum absolute atomic E-state index is 0.265. The summed E-state index contributed by atoms with van der Waals surface area (Å²) >= 11 is 0. The lowest BCUT2D eigenvalue weighted by Gasteiger charge is -2.11. The van der Waals surface area contributed by atoms with E-state index < -0.39 is 5.97 Å². The van der Waals surface area contributed by atoms with Gasteiger partial charge < -0.3 is 19.5 Å². The van der Waals surface area contributed by atoms with E-state index in [0.29, 0.717) is 12.4 Å². The molecule has 0 fully saturated rings. The lowest BCUT2D eigenvalue weighted by molar-refractivity contribution is -0.123. The first-order valence-electron chi connectivity index (χ1n) is 7.48. The summed E-state index contributed by atoms with van der Waals surface area (Å²) in [5.41, 5.74) is 0.265. The van der Waals surface area contributed by atoms with Crippen molar-refractivity contribution >= 4 is 11.9 Å². The highest BCUT2D eigenvalue weighted by Crippen LogP contribution is 2.19. The third kappa shape index (κ3) is 5.31. The Bertz CT molecular complexity index is 672. The van der Waals surface area contributed by atoms with Gasteiger partial charge in [-0.2, -0.15) is 0 Å². The summed E-state index contributed by atoms with van der Waals surface area (Å²) in [6.45, 7) is 0.279. The maximum atomic E-state index is 12.0. The molecule has 6 nitrogen and oxygen atoms in total. The predicted octanol–water partition coefficient (Wildman–Crippen LogP) is 2.05. The number of rotatable bonds is 8. The Morgan fingerprint density at radius 2 is 1.58 bits per heavy atom. The average Bonchev–Trinajstić information content (AvgIpc) is 2.64. The molecule has 1 N–H and O–H groups in total. The van der Waals surface area contributed by atoms with Crippen LogP contribution in [0.15, 0.2) is 54.6 Å². The number of carbonyl (C=O) groups is 2. The van der Waals surface area contributed by atoms with Gasteiger partial charge in [0.15, 0.2) is 6.61 Å². The maximum absolute atomic E-state index is 12.0. The Morgan fingerprint density at radius 1 is 0.917 bits per heavy atom. The van der Waals surface area contributed by atoms with Gasteiger partial charge in [0.1, 0.15) is 30.3 Å². The van der Waals surface area contributed by atoms with E-state index in [4.69, 9.17) is 14.2 Å². The van der Waals surface area contributed by atoms with Gasteiger partial charge in [-0.3, -0.25) is 4.79 Å². The average molecular weight is 329 g/mol. The van der Waals surface area contributed by atoms with Gasteiger partial charge in [-0.15, -0.1) is 0 Å². The van der Waals surface area contributed by atoms with Crippen LogP contribution >= 0.6 is 0 Å². The Kier molecular flexibility index (Phi) is 6.64. The van der Waals surface area contributed by atoms with Gasteiger partial charge in [-0.05, 0) is 24.3 Å². The number of hydrogen-bond acceptors (Lipinski definition) is 5. The van der Waals surface area contributed by atoms with Crippen molar-refractivity contribution in [2.75, 3.05) is 26.9 Å². The van der Waals surface area contributed by atoms with E-state index in [2.05, 4.69) is 5.32 Å². The van der Waals surface area contributed by atoms with Crippen LogP contribution in [0.5, 0.6) is 11.5 Å². The predicted molar refractivity (Wildman–Crippen MR) is 88.2 cm³/mol. The van der Waals surface area contributed by atoms with Crippen molar-refractivity contribution in [3.8, 4) is 11.5 Å². The standard InChI is InChI=1S/C18H19NO5/c1-19-17(20)13-24-18(21)15-9-5-6-10-16(15)23-12-11-22-14-7-3-2-4-8-14/h2-10H,11-13H2,1H3,(H,19,20). The minimum atomic E-state index is -0.613. The van der Waals surface area contributed by atoms with Crippen LogP contribution < -0.4 is 14.8 Å². The summed E-state index contributed by atoms with van der Waals surface area (Å²) < 4.78 is 16.0. The van der Waals surface area contributed by atoms with Crippen LogP contribution in [-0.2, 0) is 9.53 Å². The second kappa shape index (κ2) is 9.19. The van der Waals surface area contributed by atoms with Crippen molar-refractivity contribution in [3.63, 3.8) is 0 Å². The molecule has 0 aliphatic heterocycles. The lowest BCUT2D eigenvalue weighted by Crippen LogP contribution is -2.25. The molecule has 0 atom stereocenters. The summed E-state index contributed by atoms with van der Waals surface area (Å²) in [4.78, 5) is 23.2. The first-order valence-corrected chi connectivity index (χ1v) is 7.48. The molecular weight excluding hydrogens is 310 g/mol. The van der Waals surface area contributed by atoms with Gasteiger partial charge in [0.25, 0.3) is 5.91 Å². The first-order chi connectivity index (χ1) is 11.7. The molecule has 126 valence electrons. The minimum Gasteiger partial charge on any atom is -0.490 e. The zero-order valence-electron chi connectivity index (χ0n) is 13.4. The second-order valence-corrected chi connectivity index (χ2v) is 4.76. The molecule has 24 heavy (non-hydrogen) atoms. The van der Waals surface area contributed by atoms with Gasteiger partial charge >= 0.3 is 5.97 Å². The number of benzene rings is 2. The lowest BCUT2D eigenvalue weighted by atomic mass is 10.2. The van der Waals surface area contributed by atoms with Crippen molar-refractivity contribution in [2.24, 2.45) is 0 Å². The fourth-order valence-electron chi connectivity index (χ4n) is 1.87. The fourth-order valence-corrected chi connectivity index (χ4v) is 1.87. The zero-order chi connectivity index (χ0) is 17.2. The van der Waals surface area contributed by atoms with Crippen molar-refractivity contribution in [3.05, 3.63) is 60.2 Å². The van der Waals surface area contributed by atoms with E-state index in [1.165, 1.54) is 7.05 Å². The molecule has 0 heterocycles. The molecular formula is C18H19NO5. The molecule has 0 aromatic heterocycles. The highest BCUT2D eigenvalue weighted by molar-refractivity contribution is 5.93. The molecule has 2 rings (SSSR count). The van der Waals surface area contributed by atoms with Crippen LogP contribution in [0.3, 0.4) is 0 Å². The normalized spacial score (nSPS) is 9.88. The zero-order valence-corrected chi connectivity index (χ0v) is 13.4. The number of likely N-dealkylation sites (N-methyl/N-ethyl adjacent to an activating group) is 1. The van der Waals surface area contributed by atoms with Crippen molar-refractivity contribution in [1.82, 2.24) is 5.32 Å². The molecule has 0 saturated heterocycles. The number of nitrogens with one attached hydrogen (secondary N) is 1. The number of carbonyl (C=O) groups excluding carboxylic acids is 2. The van der Waals surface area contributed by atoms with Gasteiger partial charge in [-0.25, -0.2) is 4.79 Å². The number of para-hydroxylation sites is 2. The summed E-state index contributed by atoms with van der Waals surface area (Å²) in [7, 11) is 1.47. The largest absolute Gasteiger partial charge is 0.490 e. The SMILES string of the molecule is CNC(=O)COC(=O)c1ccccc1OCCOc1ccccc1. The van der Waals surface area contributed by atoms with Gasteiger partial charge in [0.2, 0.25) is 0 Å². The van der Waals surface area contributed by atoms with E-state index in [1.54, 1.807) is 24.3 Å². The molecule has 2 aromatic carbocycles. The highest BCUT2D eigenvalue weighted by atomic mass is 16.5. The summed E-state index contributed by atoms with van der Waals surface area (Å²) in [6, 6.07) is 16.1. The highest BCUT2D eigenvalue weighted by Gasteiger charge is 2.14. The summed E-state index contributed by atoms with van der Waals surface area (Å²) in [6.07, 6.45) is 0. The fraction of sp³-hybridized carbons (Fsp3) is 0.222. The number of ether oxygens (including phenoxy) is 3. The molecule has 0 saturated carbocycles. The van der Waals surface area contributed by atoms with Gasteiger partial charge in [0, 0.05) is 7.05 Å². The van der Waals surface area contributed by atoms with E-state index >= 15 is 0 Å². The smallest absolute Gasteiger partial charge is 0.342 e. The summed E-state index contributed by atoms with van der Waals surface area (Å²) in [5, 5.41) is 2.38. The molecule has 0 unspecified atom stereocenters. The molecule has 0 spiro atoms. The third-order valence-electron chi connectivity index (χ3n) is 3.07. The number of esters is 1. The van der Waals surface area contributed by atoms with E-state index in [0.717, 1.165) is 5.75 Å². The Hall–Kier alpha value is -3.02. The number of amides is 1.